The van der Waals surface area contributed by atoms with Crippen molar-refractivity contribution in [1.82, 2.24) is 10.2 Å². The zero-order chi connectivity index (χ0) is 23.1. The van der Waals surface area contributed by atoms with Gasteiger partial charge in [0.2, 0.25) is 0 Å². The molecule has 30 heavy (non-hydrogen) atoms. The second-order valence-electron chi connectivity index (χ2n) is 9.63. The van der Waals surface area contributed by atoms with E-state index in [1.54, 1.807) is 54.5 Å². The van der Waals surface area contributed by atoms with Crippen LogP contribution in [0.2, 0.25) is 0 Å². The van der Waals surface area contributed by atoms with Crippen LogP contribution in [0.3, 0.4) is 0 Å². The van der Waals surface area contributed by atoms with Crippen LogP contribution in [-0.4, -0.2) is 41.4 Å². The van der Waals surface area contributed by atoms with Gasteiger partial charge >= 0.3 is 18.4 Å². The molecule has 1 saturated heterocycles. The fraction of sp³-hybridized carbons (Fsp3) is 0.619. The van der Waals surface area contributed by atoms with E-state index >= 15 is 0 Å². The molecule has 1 aliphatic rings. The van der Waals surface area contributed by atoms with E-state index in [4.69, 9.17) is 9.47 Å². The third-order valence-electron chi connectivity index (χ3n) is 4.27. The average molecular weight is 430 g/mol. The second kappa shape index (κ2) is 7.67. The molecular formula is C21H29F3N2O4. The first kappa shape index (κ1) is 23.8. The monoisotopic (exact) mass is 430 g/mol. The van der Waals surface area contributed by atoms with Crippen LogP contribution in [0.4, 0.5) is 22.8 Å². The summed E-state index contributed by atoms with van der Waals surface area (Å²) in [6.07, 6.45) is -5.92. The lowest BCUT2D eigenvalue weighted by atomic mass is 9.81. The smallest absolute Gasteiger partial charge is 0.416 e. The largest absolute Gasteiger partial charge is 0.444 e. The number of halogens is 3. The highest BCUT2D eigenvalue weighted by atomic mass is 19.4. The summed E-state index contributed by atoms with van der Waals surface area (Å²) in [7, 11) is 0. The Bertz CT molecular complexity index is 817. The van der Waals surface area contributed by atoms with E-state index in [-0.39, 0.29) is 18.7 Å². The molecule has 1 aromatic carbocycles. The minimum atomic E-state index is -4.54. The number of nitrogens with zero attached hydrogens (tertiary/aromatic N) is 1. The van der Waals surface area contributed by atoms with E-state index in [1.165, 1.54) is 4.90 Å². The molecule has 0 spiro atoms. The van der Waals surface area contributed by atoms with Crippen molar-refractivity contribution >= 4 is 12.2 Å². The Labute approximate surface area is 174 Å². The quantitative estimate of drug-likeness (QED) is 0.718. The van der Waals surface area contributed by atoms with E-state index in [0.29, 0.717) is 5.56 Å². The Kier molecular flexibility index (Phi) is 6.09. The molecule has 0 saturated carbocycles. The summed E-state index contributed by atoms with van der Waals surface area (Å²) < 4.78 is 50.6. The lowest BCUT2D eigenvalue weighted by Crippen LogP contribution is -2.69. The number of likely N-dealkylation sites (tertiary alicyclic amines) is 1. The molecule has 0 atom stereocenters. The molecule has 0 aromatic heterocycles. The molecule has 9 heteroatoms. The molecule has 1 N–H and O–H groups in total. The lowest BCUT2D eigenvalue weighted by Gasteiger charge is -2.50. The van der Waals surface area contributed by atoms with Crippen LogP contribution in [0.5, 0.6) is 0 Å². The number of rotatable bonds is 2. The van der Waals surface area contributed by atoms with E-state index in [2.05, 4.69) is 5.32 Å². The standard InChI is InChI=1S/C21H29F3N2O4/c1-13-8-14(10-15(9-13)21(22,23)24)20(25-16(27)29-18(2,3)4)11-26(12-20)17(28)30-19(5,6)7/h8-10H,11-12H2,1-7H3,(H,25,27). The zero-order valence-electron chi connectivity index (χ0n) is 18.4. The zero-order valence-corrected chi connectivity index (χ0v) is 18.4. The number of amides is 2. The molecule has 0 radical (unpaired) electrons. The van der Waals surface area contributed by atoms with Crippen LogP contribution in [0.15, 0.2) is 18.2 Å². The Morgan fingerprint density at radius 3 is 1.97 bits per heavy atom. The first-order valence-corrected chi connectivity index (χ1v) is 9.59. The van der Waals surface area contributed by atoms with Crippen molar-refractivity contribution in [3.63, 3.8) is 0 Å². The van der Waals surface area contributed by atoms with Crippen LogP contribution in [0, 0.1) is 6.92 Å². The summed E-state index contributed by atoms with van der Waals surface area (Å²) in [6, 6.07) is 3.60. The van der Waals surface area contributed by atoms with Crippen LogP contribution in [0.1, 0.15) is 58.2 Å². The maximum absolute atomic E-state index is 13.3. The van der Waals surface area contributed by atoms with Crippen molar-refractivity contribution in [2.24, 2.45) is 0 Å². The van der Waals surface area contributed by atoms with Gasteiger partial charge in [-0.05, 0) is 66.2 Å². The number of alkyl carbamates (subject to hydrolysis) is 1. The van der Waals surface area contributed by atoms with Gasteiger partial charge in [-0.3, -0.25) is 0 Å². The lowest BCUT2D eigenvalue weighted by molar-refractivity contribution is -0.137. The molecule has 1 aromatic rings. The van der Waals surface area contributed by atoms with Crippen molar-refractivity contribution < 1.29 is 32.2 Å². The first-order chi connectivity index (χ1) is 13.4. The van der Waals surface area contributed by atoms with Gasteiger partial charge in [0.1, 0.15) is 16.7 Å². The van der Waals surface area contributed by atoms with Gasteiger partial charge in [-0.25, -0.2) is 9.59 Å². The number of hydrogen-bond acceptors (Lipinski definition) is 4. The normalized spacial score (nSPS) is 16.5. The summed E-state index contributed by atoms with van der Waals surface area (Å²) in [4.78, 5) is 26.1. The number of alkyl halides is 3. The van der Waals surface area contributed by atoms with Gasteiger partial charge in [0.05, 0.1) is 18.7 Å². The maximum Gasteiger partial charge on any atom is 0.416 e. The topological polar surface area (TPSA) is 67.9 Å². The molecule has 1 fully saturated rings. The minimum Gasteiger partial charge on any atom is -0.444 e. The van der Waals surface area contributed by atoms with Crippen molar-refractivity contribution in [1.29, 1.82) is 0 Å². The highest BCUT2D eigenvalue weighted by Gasteiger charge is 2.50. The second-order valence-corrected chi connectivity index (χ2v) is 9.63. The Morgan fingerprint density at radius 2 is 1.50 bits per heavy atom. The van der Waals surface area contributed by atoms with Crippen molar-refractivity contribution in [2.45, 2.75) is 71.4 Å². The molecule has 168 valence electrons. The van der Waals surface area contributed by atoms with Crippen LogP contribution in [0.25, 0.3) is 0 Å². The van der Waals surface area contributed by atoms with E-state index in [9.17, 15) is 22.8 Å². The highest BCUT2D eigenvalue weighted by Crippen LogP contribution is 2.38. The van der Waals surface area contributed by atoms with Gasteiger partial charge in [-0.1, -0.05) is 11.6 Å². The molecular weight excluding hydrogens is 401 g/mol. The number of carbonyl (C=O) groups excluding carboxylic acids is 2. The Morgan fingerprint density at radius 1 is 0.967 bits per heavy atom. The molecule has 0 aliphatic carbocycles. The first-order valence-electron chi connectivity index (χ1n) is 9.59. The van der Waals surface area contributed by atoms with Crippen molar-refractivity contribution in [2.75, 3.05) is 13.1 Å². The number of benzene rings is 1. The van der Waals surface area contributed by atoms with Gasteiger partial charge in [0, 0.05) is 0 Å². The van der Waals surface area contributed by atoms with Crippen molar-refractivity contribution in [3.05, 3.63) is 34.9 Å². The summed E-state index contributed by atoms with van der Waals surface area (Å²) in [5.74, 6) is 0. The van der Waals surface area contributed by atoms with Gasteiger partial charge in [-0.2, -0.15) is 13.2 Å². The van der Waals surface area contributed by atoms with Crippen molar-refractivity contribution in [3.8, 4) is 0 Å². The molecule has 1 heterocycles. The van der Waals surface area contributed by atoms with Gasteiger partial charge in [-0.15, -0.1) is 0 Å². The van der Waals surface area contributed by atoms with Crippen LogP contribution < -0.4 is 5.32 Å². The van der Waals surface area contributed by atoms with E-state index in [0.717, 1.165) is 12.1 Å². The number of ether oxygens (including phenoxy) is 2. The third kappa shape index (κ3) is 6.03. The summed E-state index contributed by atoms with van der Waals surface area (Å²) in [6.45, 7) is 11.7. The maximum atomic E-state index is 13.3. The fourth-order valence-corrected chi connectivity index (χ4v) is 3.12. The molecule has 2 amide bonds. The molecule has 6 nitrogen and oxygen atoms in total. The summed E-state index contributed by atoms with van der Waals surface area (Å²) in [5.41, 5.74) is -2.91. The molecule has 2 rings (SSSR count). The number of aryl methyl sites for hydroxylation is 1. The predicted octanol–water partition coefficient (Wildman–Crippen LogP) is 4.98. The highest BCUT2D eigenvalue weighted by molar-refractivity contribution is 5.73. The predicted molar refractivity (Wildman–Crippen MR) is 105 cm³/mol. The van der Waals surface area contributed by atoms with E-state index < -0.39 is 40.7 Å². The fourth-order valence-electron chi connectivity index (χ4n) is 3.12. The van der Waals surface area contributed by atoms with Gasteiger partial charge < -0.3 is 19.7 Å². The molecule has 0 unspecified atom stereocenters. The number of nitrogens with one attached hydrogen (secondary N) is 1. The third-order valence-corrected chi connectivity index (χ3v) is 4.27. The van der Waals surface area contributed by atoms with E-state index in [1.807, 2.05) is 0 Å². The minimum absolute atomic E-state index is 0.0398. The Hall–Kier alpha value is -2.45. The molecule has 1 aliphatic heterocycles. The molecule has 0 bridgehead atoms. The number of hydrogen-bond donors (Lipinski definition) is 1. The average Bonchev–Trinajstić information content (AvgIpc) is 2.45. The number of carbonyl (C=O) groups is 2. The summed E-state index contributed by atoms with van der Waals surface area (Å²) >= 11 is 0. The van der Waals surface area contributed by atoms with Gasteiger partial charge in [0.25, 0.3) is 0 Å². The van der Waals surface area contributed by atoms with Gasteiger partial charge in [0.15, 0.2) is 0 Å². The SMILES string of the molecule is Cc1cc(C(F)(F)F)cc(C2(NC(=O)OC(C)(C)C)CN(C(=O)OC(C)(C)C)C2)c1. The van der Waals surface area contributed by atoms with Crippen LogP contribution >= 0.6 is 0 Å². The summed E-state index contributed by atoms with van der Waals surface area (Å²) in [5, 5.41) is 2.68. The Balaban J connectivity index is 2.36. The van der Waals surface area contributed by atoms with Crippen LogP contribution in [-0.2, 0) is 21.2 Å².